The fourth-order valence-corrected chi connectivity index (χ4v) is 3.94. The maximum absolute atomic E-state index is 13.7. The molecule has 0 fully saturated rings. The lowest BCUT2D eigenvalue weighted by Crippen LogP contribution is -2.29. The number of hydrogen-bond acceptors (Lipinski definition) is 4. The summed E-state index contributed by atoms with van der Waals surface area (Å²) in [7, 11) is 1.42. The number of nitro benzene ring substituents is 1. The Morgan fingerprint density at radius 3 is 2.88 bits per heavy atom. The van der Waals surface area contributed by atoms with Crippen LogP contribution in [0.4, 0.5) is 15.8 Å². The first-order valence-electron chi connectivity index (χ1n) is 8.13. The normalized spacial score (nSPS) is 23.5. The smallest absolute Gasteiger partial charge is 0.311 e. The van der Waals surface area contributed by atoms with E-state index in [0.717, 1.165) is 23.2 Å². The van der Waals surface area contributed by atoms with Gasteiger partial charge in [-0.1, -0.05) is 18.2 Å². The molecular weight excluding hydrogens is 323 g/mol. The van der Waals surface area contributed by atoms with Crippen LogP contribution in [0.5, 0.6) is 5.75 Å². The third-order valence-corrected chi connectivity index (χ3v) is 5.08. The predicted octanol–water partition coefficient (Wildman–Crippen LogP) is 4.57. The quantitative estimate of drug-likeness (QED) is 0.505. The van der Waals surface area contributed by atoms with Gasteiger partial charge in [-0.3, -0.25) is 10.1 Å². The van der Waals surface area contributed by atoms with E-state index >= 15 is 0 Å². The van der Waals surface area contributed by atoms with Crippen LogP contribution in [-0.4, -0.2) is 12.0 Å². The Kier molecular flexibility index (Phi) is 3.67. The van der Waals surface area contributed by atoms with Gasteiger partial charge in [0.25, 0.3) is 0 Å². The van der Waals surface area contributed by atoms with Crippen LogP contribution < -0.4 is 10.1 Å². The number of nitrogens with one attached hydrogen (secondary N) is 1. The van der Waals surface area contributed by atoms with Crippen LogP contribution in [0.3, 0.4) is 0 Å². The molecule has 1 aliphatic heterocycles. The SMILES string of the molecule is COc1ccc([C@@H]2Nc3ccc(F)cc3[C@@H]3C=CC[C@H]32)cc1[N+](=O)[O-]. The number of fused-ring (bicyclic) bond motifs is 3. The molecule has 5 nitrogen and oxygen atoms in total. The first-order valence-corrected chi connectivity index (χ1v) is 8.13. The molecule has 0 radical (unpaired) electrons. The molecule has 6 heteroatoms. The maximum atomic E-state index is 13.7. The molecule has 0 aromatic heterocycles. The number of anilines is 1. The fourth-order valence-electron chi connectivity index (χ4n) is 3.94. The molecule has 2 aromatic carbocycles. The molecule has 1 heterocycles. The number of hydrogen-bond donors (Lipinski definition) is 1. The molecule has 0 saturated carbocycles. The summed E-state index contributed by atoms with van der Waals surface area (Å²) in [6.07, 6.45) is 5.05. The molecule has 0 spiro atoms. The van der Waals surface area contributed by atoms with Gasteiger partial charge in [0.1, 0.15) is 5.82 Å². The number of allylic oxidation sites excluding steroid dienone is 2. The molecule has 25 heavy (non-hydrogen) atoms. The Bertz CT molecular complexity index is 881. The standard InChI is InChI=1S/C19H17FN2O3/c1-25-18-8-5-11(9-17(18)22(23)24)19-14-4-2-3-13(14)15-10-12(20)6-7-16(15)21-19/h2-3,5-10,13-14,19,21H,4H2,1H3/t13-,14-,19+/m1/s1. The van der Waals surface area contributed by atoms with Gasteiger partial charge < -0.3 is 10.1 Å². The average Bonchev–Trinajstić information content (AvgIpc) is 3.10. The highest BCUT2D eigenvalue weighted by Crippen LogP contribution is 2.50. The molecule has 2 aromatic rings. The third-order valence-electron chi connectivity index (χ3n) is 5.08. The summed E-state index contributed by atoms with van der Waals surface area (Å²) in [6.45, 7) is 0. The van der Waals surface area contributed by atoms with Crippen LogP contribution >= 0.6 is 0 Å². The van der Waals surface area contributed by atoms with Crippen LogP contribution in [0.15, 0.2) is 48.6 Å². The average molecular weight is 340 g/mol. The summed E-state index contributed by atoms with van der Waals surface area (Å²) in [4.78, 5) is 10.9. The highest BCUT2D eigenvalue weighted by atomic mass is 19.1. The van der Waals surface area contributed by atoms with Crippen molar-refractivity contribution in [3.63, 3.8) is 0 Å². The molecule has 0 saturated heterocycles. The van der Waals surface area contributed by atoms with Gasteiger partial charge in [0.15, 0.2) is 5.75 Å². The topological polar surface area (TPSA) is 64.4 Å². The summed E-state index contributed by atoms with van der Waals surface area (Å²) in [6, 6.07) is 9.71. The molecule has 1 aliphatic carbocycles. The van der Waals surface area contributed by atoms with Crippen molar-refractivity contribution >= 4 is 11.4 Å². The monoisotopic (exact) mass is 340 g/mol. The predicted molar refractivity (Wildman–Crippen MR) is 92.4 cm³/mol. The zero-order valence-corrected chi connectivity index (χ0v) is 13.6. The molecule has 128 valence electrons. The molecule has 3 atom stereocenters. The number of nitrogens with zero attached hydrogens (tertiary/aromatic N) is 1. The van der Waals surface area contributed by atoms with E-state index in [1.54, 1.807) is 24.3 Å². The van der Waals surface area contributed by atoms with Gasteiger partial charge in [0.05, 0.1) is 18.1 Å². The van der Waals surface area contributed by atoms with Crippen molar-refractivity contribution in [2.75, 3.05) is 12.4 Å². The van der Waals surface area contributed by atoms with E-state index in [2.05, 4.69) is 17.5 Å². The zero-order valence-electron chi connectivity index (χ0n) is 13.6. The van der Waals surface area contributed by atoms with Crippen molar-refractivity contribution < 1.29 is 14.1 Å². The minimum atomic E-state index is -0.432. The van der Waals surface area contributed by atoms with Crippen molar-refractivity contribution in [1.82, 2.24) is 0 Å². The van der Waals surface area contributed by atoms with Gasteiger partial charge in [-0.25, -0.2) is 4.39 Å². The Balaban J connectivity index is 1.78. The Morgan fingerprint density at radius 2 is 2.12 bits per heavy atom. The van der Waals surface area contributed by atoms with Crippen LogP contribution in [0.2, 0.25) is 0 Å². The third kappa shape index (κ3) is 2.54. The second-order valence-electron chi connectivity index (χ2n) is 6.40. The first-order chi connectivity index (χ1) is 12.1. The van der Waals surface area contributed by atoms with Crippen LogP contribution in [0.1, 0.15) is 29.5 Å². The lowest BCUT2D eigenvalue weighted by molar-refractivity contribution is -0.385. The van der Waals surface area contributed by atoms with E-state index in [4.69, 9.17) is 4.74 Å². The molecule has 0 bridgehead atoms. The number of nitro groups is 1. The van der Waals surface area contributed by atoms with E-state index < -0.39 is 4.92 Å². The van der Waals surface area contributed by atoms with Crippen molar-refractivity contribution in [2.24, 2.45) is 5.92 Å². The number of halogens is 1. The lowest BCUT2D eigenvalue weighted by atomic mass is 9.77. The highest BCUT2D eigenvalue weighted by Gasteiger charge is 2.38. The van der Waals surface area contributed by atoms with Gasteiger partial charge in [-0.05, 0) is 47.7 Å². The van der Waals surface area contributed by atoms with E-state index in [-0.39, 0.29) is 35.1 Å². The first kappa shape index (κ1) is 15.6. The number of rotatable bonds is 3. The van der Waals surface area contributed by atoms with Crippen molar-refractivity contribution in [1.29, 1.82) is 0 Å². The van der Waals surface area contributed by atoms with Crippen LogP contribution in [-0.2, 0) is 0 Å². The second kappa shape index (κ2) is 5.88. The fraction of sp³-hybridized carbons (Fsp3) is 0.263. The van der Waals surface area contributed by atoms with Gasteiger partial charge in [-0.2, -0.15) is 0 Å². The Hall–Kier alpha value is -2.89. The molecule has 1 N–H and O–H groups in total. The summed E-state index contributed by atoms with van der Waals surface area (Å²) in [5.74, 6) is 0.298. The van der Waals surface area contributed by atoms with Crippen molar-refractivity contribution in [2.45, 2.75) is 18.4 Å². The number of benzene rings is 2. The summed E-state index contributed by atoms with van der Waals surface area (Å²) in [5.41, 5.74) is 2.60. The van der Waals surface area contributed by atoms with Crippen molar-refractivity contribution in [3.05, 3.63) is 75.6 Å². The van der Waals surface area contributed by atoms with E-state index in [1.165, 1.54) is 13.2 Å². The largest absolute Gasteiger partial charge is 0.490 e. The minimum Gasteiger partial charge on any atom is -0.490 e. The molecule has 4 rings (SSSR count). The Labute approximate surface area is 144 Å². The summed E-state index contributed by atoms with van der Waals surface area (Å²) < 4.78 is 18.7. The molecule has 2 aliphatic rings. The molecule has 0 amide bonds. The molecular formula is C19H17FN2O3. The van der Waals surface area contributed by atoms with E-state index in [0.29, 0.717) is 0 Å². The second-order valence-corrected chi connectivity index (χ2v) is 6.40. The number of methoxy groups -OCH3 is 1. The van der Waals surface area contributed by atoms with E-state index in [9.17, 15) is 14.5 Å². The minimum absolute atomic E-state index is 0.0470. The summed E-state index contributed by atoms with van der Waals surface area (Å²) in [5, 5.41) is 14.8. The maximum Gasteiger partial charge on any atom is 0.311 e. The lowest BCUT2D eigenvalue weighted by Gasteiger charge is -2.37. The van der Waals surface area contributed by atoms with Crippen LogP contribution in [0, 0.1) is 21.8 Å². The van der Waals surface area contributed by atoms with Crippen LogP contribution in [0.25, 0.3) is 0 Å². The van der Waals surface area contributed by atoms with Gasteiger partial charge in [0, 0.05) is 17.7 Å². The van der Waals surface area contributed by atoms with Crippen molar-refractivity contribution in [3.8, 4) is 5.75 Å². The van der Waals surface area contributed by atoms with Gasteiger partial charge in [-0.15, -0.1) is 0 Å². The van der Waals surface area contributed by atoms with E-state index in [1.807, 2.05) is 6.07 Å². The molecule has 0 unspecified atom stereocenters. The highest BCUT2D eigenvalue weighted by molar-refractivity contribution is 5.61. The van der Waals surface area contributed by atoms with Gasteiger partial charge >= 0.3 is 5.69 Å². The Morgan fingerprint density at radius 1 is 1.28 bits per heavy atom. The number of ether oxygens (including phenoxy) is 1. The summed E-state index contributed by atoms with van der Waals surface area (Å²) >= 11 is 0. The van der Waals surface area contributed by atoms with Gasteiger partial charge in [0.2, 0.25) is 0 Å². The zero-order chi connectivity index (χ0) is 17.6.